The predicted octanol–water partition coefficient (Wildman–Crippen LogP) is 6.69. The normalized spacial score (nSPS) is 20.3. The van der Waals surface area contributed by atoms with Crippen LogP contribution in [0.1, 0.15) is 93.9 Å². The van der Waals surface area contributed by atoms with Gasteiger partial charge in [-0.05, 0) is 35.5 Å². The molecular weight excluding hydrogens is 216 g/mol. The Bertz CT molecular complexity index is 205. The summed E-state index contributed by atoms with van der Waals surface area (Å²) in [5, 5.41) is 0. The van der Waals surface area contributed by atoms with Crippen molar-refractivity contribution >= 4 is 0 Å². The fourth-order valence-electron chi connectivity index (χ4n) is 2.75. The van der Waals surface area contributed by atoms with Gasteiger partial charge in [0.25, 0.3) is 0 Å². The molecule has 0 bridgehead atoms. The monoisotopic (exact) mass is 254 g/mol. The van der Waals surface area contributed by atoms with Gasteiger partial charge >= 0.3 is 0 Å². The molecule has 0 amide bonds. The van der Waals surface area contributed by atoms with E-state index in [0.717, 1.165) is 11.8 Å². The van der Waals surface area contributed by atoms with Gasteiger partial charge in [-0.25, -0.2) is 0 Å². The molecule has 0 spiro atoms. The topological polar surface area (TPSA) is 0 Å². The first-order chi connectivity index (χ1) is 7.66. The van der Waals surface area contributed by atoms with Gasteiger partial charge in [0, 0.05) is 0 Å². The summed E-state index contributed by atoms with van der Waals surface area (Å²) < 4.78 is 0. The molecule has 0 radical (unpaired) electrons. The molecule has 0 aromatic carbocycles. The molecule has 2 fully saturated rings. The molecule has 2 aliphatic rings. The largest absolute Gasteiger partial charge is 0.0776 e. The van der Waals surface area contributed by atoms with E-state index in [9.17, 15) is 0 Å². The Morgan fingerprint density at radius 1 is 0.667 bits per heavy atom. The van der Waals surface area contributed by atoms with Gasteiger partial charge in [-0.15, -0.1) is 0 Å². The van der Waals surface area contributed by atoms with E-state index in [1.54, 1.807) is 0 Å². The minimum Gasteiger partial charge on any atom is -0.0776 e. The molecule has 2 saturated carbocycles. The molecule has 18 heavy (non-hydrogen) atoms. The highest BCUT2D eigenvalue weighted by molar-refractivity contribution is 4.78. The maximum atomic E-state index is 2.34. The van der Waals surface area contributed by atoms with Crippen LogP contribution >= 0.6 is 0 Å². The molecule has 0 heterocycles. The third-order valence-corrected chi connectivity index (χ3v) is 3.72. The lowest BCUT2D eigenvalue weighted by Crippen LogP contribution is -2.18. The zero-order valence-corrected chi connectivity index (χ0v) is 13.1. The smallest absolute Gasteiger partial charge is 0.0380 e. The Labute approximate surface area is 117 Å². The van der Waals surface area contributed by atoms with E-state index in [0.29, 0.717) is 10.8 Å². The highest BCUT2D eigenvalue weighted by Gasteiger charge is 2.26. The quantitative estimate of drug-likeness (QED) is 0.515. The lowest BCUT2D eigenvalue weighted by molar-refractivity contribution is 0.207. The zero-order valence-electron chi connectivity index (χ0n) is 13.1. The van der Waals surface area contributed by atoms with Crippen LogP contribution in [0.15, 0.2) is 0 Å². The second-order valence-corrected chi connectivity index (χ2v) is 8.77. The maximum Gasteiger partial charge on any atom is -0.0380 e. The molecule has 0 aromatic rings. The van der Waals surface area contributed by atoms with E-state index in [2.05, 4.69) is 41.5 Å². The summed E-state index contributed by atoms with van der Waals surface area (Å²) in [7, 11) is 0. The summed E-state index contributed by atoms with van der Waals surface area (Å²) >= 11 is 0. The fraction of sp³-hybridized carbons (Fsp3) is 1.00. The van der Waals surface area contributed by atoms with E-state index in [1.807, 2.05) is 0 Å². The lowest BCUT2D eigenvalue weighted by atomic mass is 9.74. The van der Waals surface area contributed by atoms with Crippen molar-refractivity contribution in [1.82, 2.24) is 0 Å². The van der Waals surface area contributed by atoms with Gasteiger partial charge in [0.05, 0.1) is 0 Å². The van der Waals surface area contributed by atoms with Crippen LogP contribution in [-0.4, -0.2) is 0 Å². The van der Waals surface area contributed by atoms with Gasteiger partial charge < -0.3 is 0 Å². The molecular formula is C18H38. The van der Waals surface area contributed by atoms with Crippen molar-refractivity contribution in [2.24, 2.45) is 22.7 Å². The van der Waals surface area contributed by atoms with Gasteiger partial charge in [0.2, 0.25) is 0 Å². The van der Waals surface area contributed by atoms with E-state index in [4.69, 9.17) is 0 Å². The first-order valence-corrected chi connectivity index (χ1v) is 7.66. The summed E-state index contributed by atoms with van der Waals surface area (Å²) in [6.45, 7) is 14.0. The summed E-state index contributed by atoms with van der Waals surface area (Å²) in [4.78, 5) is 0. The Morgan fingerprint density at radius 3 is 1.06 bits per heavy atom. The third-order valence-electron chi connectivity index (χ3n) is 3.72. The van der Waals surface area contributed by atoms with Gasteiger partial charge in [-0.3, -0.25) is 0 Å². The van der Waals surface area contributed by atoms with Crippen molar-refractivity contribution in [3.8, 4) is 0 Å². The van der Waals surface area contributed by atoms with Crippen LogP contribution in [0.3, 0.4) is 0 Å². The average Bonchev–Trinajstić information content (AvgIpc) is 2.77. The minimum absolute atomic E-state index is 0. The van der Waals surface area contributed by atoms with Gasteiger partial charge in [0.1, 0.15) is 0 Å². The summed E-state index contributed by atoms with van der Waals surface area (Å²) in [5.74, 6) is 2.17. The van der Waals surface area contributed by atoms with Crippen molar-refractivity contribution in [2.45, 2.75) is 93.9 Å². The van der Waals surface area contributed by atoms with Crippen LogP contribution in [0, 0.1) is 22.7 Å². The van der Waals surface area contributed by atoms with Crippen LogP contribution in [0.25, 0.3) is 0 Å². The molecule has 2 aliphatic carbocycles. The Kier molecular flexibility index (Phi) is 6.96. The van der Waals surface area contributed by atoms with Crippen molar-refractivity contribution in [1.29, 1.82) is 0 Å². The third kappa shape index (κ3) is 9.97. The average molecular weight is 255 g/mol. The number of hydrogen-bond acceptors (Lipinski definition) is 0. The van der Waals surface area contributed by atoms with Gasteiger partial charge in [-0.1, -0.05) is 81.1 Å². The number of rotatable bonds is 2. The minimum atomic E-state index is 0. The van der Waals surface area contributed by atoms with Gasteiger partial charge in [-0.2, -0.15) is 0 Å². The fourth-order valence-corrected chi connectivity index (χ4v) is 2.75. The standard InChI is InChI=1S/C9H18.C8H16.CH4/c1-9(2,3)7-8-5-4-6-8;1-8(2,3)6-7-4-5-7;/h8H,4-7H2,1-3H3;7H,4-6H2,1-3H3;1H4. The van der Waals surface area contributed by atoms with Crippen LogP contribution < -0.4 is 0 Å². The van der Waals surface area contributed by atoms with Crippen LogP contribution in [0.2, 0.25) is 0 Å². The molecule has 0 aliphatic heterocycles. The Hall–Kier alpha value is 0. The highest BCUT2D eigenvalue weighted by Crippen LogP contribution is 2.39. The Morgan fingerprint density at radius 2 is 1.00 bits per heavy atom. The van der Waals surface area contributed by atoms with Crippen LogP contribution in [0.5, 0.6) is 0 Å². The molecule has 110 valence electrons. The highest BCUT2D eigenvalue weighted by atomic mass is 14.3. The second kappa shape index (κ2) is 6.96. The molecule has 0 atom stereocenters. The molecule has 0 saturated heterocycles. The van der Waals surface area contributed by atoms with Crippen LogP contribution in [-0.2, 0) is 0 Å². The zero-order chi connectivity index (χ0) is 13.1. The van der Waals surface area contributed by atoms with Crippen molar-refractivity contribution in [2.75, 3.05) is 0 Å². The first kappa shape index (κ1) is 18.0. The Balaban J connectivity index is 0.000000306. The van der Waals surface area contributed by atoms with Crippen molar-refractivity contribution < 1.29 is 0 Å². The first-order valence-electron chi connectivity index (χ1n) is 7.66. The van der Waals surface area contributed by atoms with Crippen LogP contribution in [0.4, 0.5) is 0 Å². The van der Waals surface area contributed by atoms with E-state index in [1.165, 1.54) is 44.9 Å². The predicted molar refractivity (Wildman–Crippen MR) is 84.9 cm³/mol. The van der Waals surface area contributed by atoms with E-state index < -0.39 is 0 Å². The summed E-state index contributed by atoms with van der Waals surface area (Å²) in [6.07, 6.45) is 10.4. The van der Waals surface area contributed by atoms with Crippen molar-refractivity contribution in [3.63, 3.8) is 0 Å². The SMILES string of the molecule is C.CC(C)(C)CC1CC1.CC(C)(C)CC1CCC1. The molecule has 0 aromatic heterocycles. The van der Waals surface area contributed by atoms with Crippen molar-refractivity contribution in [3.05, 3.63) is 0 Å². The lowest BCUT2D eigenvalue weighted by Gasteiger charge is -2.31. The molecule has 2 rings (SSSR count). The summed E-state index contributed by atoms with van der Waals surface area (Å²) in [5.41, 5.74) is 1.16. The van der Waals surface area contributed by atoms with E-state index >= 15 is 0 Å². The molecule has 0 N–H and O–H groups in total. The second-order valence-electron chi connectivity index (χ2n) is 8.77. The molecule has 0 heteroatoms. The number of hydrogen-bond donors (Lipinski definition) is 0. The molecule has 0 unspecified atom stereocenters. The van der Waals surface area contributed by atoms with Gasteiger partial charge in [0.15, 0.2) is 0 Å². The van der Waals surface area contributed by atoms with E-state index in [-0.39, 0.29) is 7.43 Å². The molecule has 0 nitrogen and oxygen atoms in total. The maximum absolute atomic E-state index is 2.34. The summed E-state index contributed by atoms with van der Waals surface area (Å²) in [6, 6.07) is 0.